The molecule has 1 amide bonds. The Labute approximate surface area is 139 Å². The van der Waals surface area contributed by atoms with Crippen molar-refractivity contribution in [3.63, 3.8) is 0 Å². The highest BCUT2D eigenvalue weighted by atomic mass is 19.1. The van der Waals surface area contributed by atoms with Gasteiger partial charge in [-0.3, -0.25) is 4.90 Å². The van der Waals surface area contributed by atoms with E-state index in [1.165, 1.54) is 17.0 Å². The Morgan fingerprint density at radius 2 is 2.17 bits per heavy atom. The van der Waals surface area contributed by atoms with Crippen molar-refractivity contribution in [1.82, 2.24) is 5.32 Å². The number of ether oxygens (including phenoxy) is 2. The van der Waals surface area contributed by atoms with Gasteiger partial charge in [-0.15, -0.1) is 0 Å². The molecule has 3 N–H and O–H groups in total. The van der Waals surface area contributed by atoms with Crippen LogP contribution in [0.15, 0.2) is 18.2 Å². The second kappa shape index (κ2) is 6.92. The van der Waals surface area contributed by atoms with Gasteiger partial charge in [0.25, 0.3) is 0 Å². The zero-order chi connectivity index (χ0) is 17.2. The second-order valence-electron chi connectivity index (χ2n) is 6.18. The van der Waals surface area contributed by atoms with Crippen LogP contribution in [-0.4, -0.2) is 60.9 Å². The molecule has 1 aromatic rings. The first kappa shape index (κ1) is 16.9. The number of hydrogen-bond acceptors (Lipinski definition) is 6. The molecule has 1 unspecified atom stereocenters. The average molecular weight is 340 g/mol. The fourth-order valence-corrected chi connectivity index (χ4v) is 2.85. The van der Waals surface area contributed by atoms with E-state index in [1.807, 2.05) is 0 Å². The first-order valence-electron chi connectivity index (χ1n) is 7.95. The number of carbonyl (C=O) groups is 1. The number of nitrogens with zero attached hydrogens (tertiary/aromatic N) is 1. The zero-order valence-electron chi connectivity index (χ0n) is 13.2. The van der Waals surface area contributed by atoms with Crippen molar-refractivity contribution < 1.29 is 28.9 Å². The summed E-state index contributed by atoms with van der Waals surface area (Å²) in [4.78, 5) is 13.0. The molecule has 8 heteroatoms. The minimum Gasteiger partial charge on any atom is -0.488 e. The van der Waals surface area contributed by atoms with Crippen molar-refractivity contribution in [3.8, 4) is 5.75 Å². The maximum atomic E-state index is 14.2. The van der Waals surface area contributed by atoms with Crippen LogP contribution in [0.3, 0.4) is 0 Å². The number of aliphatic hydroxyl groups excluding tert-OH is 1. The standard InChI is InChI=1S/C16H21FN2O5/c17-13-7-11(19-8-12(9-20)24-15(19)21)1-2-14(13)23-10-16(22)3-5-18-6-4-16/h1-2,7,12,18,20,22H,3-6,8-10H2. The van der Waals surface area contributed by atoms with Crippen molar-refractivity contribution in [1.29, 1.82) is 0 Å². The average Bonchev–Trinajstić information content (AvgIpc) is 2.95. The van der Waals surface area contributed by atoms with Crippen LogP contribution in [0.1, 0.15) is 12.8 Å². The molecule has 0 bridgehead atoms. The molecule has 3 rings (SSSR count). The van der Waals surface area contributed by atoms with E-state index in [2.05, 4.69) is 5.32 Å². The predicted molar refractivity (Wildman–Crippen MR) is 83.6 cm³/mol. The highest BCUT2D eigenvalue weighted by Crippen LogP contribution is 2.28. The normalized spacial score (nSPS) is 23.2. The van der Waals surface area contributed by atoms with E-state index in [9.17, 15) is 14.3 Å². The molecule has 7 nitrogen and oxygen atoms in total. The summed E-state index contributed by atoms with van der Waals surface area (Å²) in [6.07, 6.45) is -0.124. The van der Waals surface area contributed by atoms with E-state index < -0.39 is 23.6 Å². The van der Waals surface area contributed by atoms with E-state index in [1.54, 1.807) is 6.07 Å². The van der Waals surface area contributed by atoms with Gasteiger partial charge in [0, 0.05) is 6.07 Å². The van der Waals surface area contributed by atoms with Gasteiger partial charge in [-0.05, 0) is 38.1 Å². The third kappa shape index (κ3) is 3.61. The van der Waals surface area contributed by atoms with Gasteiger partial charge in [-0.25, -0.2) is 9.18 Å². The van der Waals surface area contributed by atoms with Gasteiger partial charge in [0.15, 0.2) is 11.6 Å². The minimum atomic E-state index is -0.955. The van der Waals surface area contributed by atoms with Gasteiger partial charge >= 0.3 is 6.09 Å². The van der Waals surface area contributed by atoms with Crippen LogP contribution in [0.4, 0.5) is 14.9 Å². The Morgan fingerprint density at radius 1 is 1.42 bits per heavy atom. The third-order valence-electron chi connectivity index (χ3n) is 4.34. The van der Waals surface area contributed by atoms with Gasteiger partial charge < -0.3 is 25.0 Å². The fraction of sp³-hybridized carbons (Fsp3) is 0.562. The van der Waals surface area contributed by atoms with Crippen LogP contribution in [0.5, 0.6) is 5.75 Å². The van der Waals surface area contributed by atoms with E-state index in [0.717, 1.165) is 0 Å². The molecule has 0 aliphatic carbocycles. The summed E-state index contributed by atoms with van der Waals surface area (Å²) < 4.78 is 24.6. The molecular weight excluding hydrogens is 319 g/mol. The van der Waals surface area contributed by atoms with Crippen molar-refractivity contribution >= 4 is 11.8 Å². The number of aliphatic hydroxyl groups is 2. The number of carbonyl (C=O) groups excluding carboxylic acids is 1. The highest BCUT2D eigenvalue weighted by Gasteiger charge is 2.33. The lowest BCUT2D eigenvalue weighted by atomic mass is 9.93. The van der Waals surface area contributed by atoms with Crippen molar-refractivity contribution in [2.24, 2.45) is 0 Å². The zero-order valence-corrected chi connectivity index (χ0v) is 13.2. The molecule has 2 aliphatic heterocycles. The summed E-state index contributed by atoms with van der Waals surface area (Å²) in [7, 11) is 0. The molecule has 2 saturated heterocycles. The first-order valence-corrected chi connectivity index (χ1v) is 7.95. The van der Waals surface area contributed by atoms with E-state index in [0.29, 0.717) is 31.6 Å². The van der Waals surface area contributed by atoms with Gasteiger partial charge in [0.1, 0.15) is 18.3 Å². The van der Waals surface area contributed by atoms with E-state index in [4.69, 9.17) is 14.6 Å². The van der Waals surface area contributed by atoms with Crippen molar-refractivity contribution in [3.05, 3.63) is 24.0 Å². The van der Waals surface area contributed by atoms with E-state index >= 15 is 0 Å². The lowest BCUT2D eigenvalue weighted by Crippen LogP contribution is -2.46. The monoisotopic (exact) mass is 340 g/mol. The topological polar surface area (TPSA) is 91.3 Å². The van der Waals surface area contributed by atoms with Gasteiger partial charge in [-0.2, -0.15) is 0 Å². The predicted octanol–water partition coefficient (Wildman–Crippen LogP) is 0.637. The summed E-state index contributed by atoms with van der Waals surface area (Å²) >= 11 is 0. The SMILES string of the molecule is O=C1OC(CO)CN1c1ccc(OCC2(O)CCNCC2)c(F)c1. The summed E-state index contributed by atoms with van der Waals surface area (Å²) in [6.45, 7) is 1.30. The molecule has 2 heterocycles. The van der Waals surface area contributed by atoms with Crippen LogP contribution in [0, 0.1) is 5.82 Å². The molecule has 24 heavy (non-hydrogen) atoms. The molecule has 0 radical (unpaired) electrons. The highest BCUT2D eigenvalue weighted by molar-refractivity contribution is 5.89. The van der Waals surface area contributed by atoms with Gasteiger partial charge in [0.05, 0.1) is 18.8 Å². The third-order valence-corrected chi connectivity index (χ3v) is 4.34. The largest absolute Gasteiger partial charge is 0.488 e. The number of halogens is 1. The number of rotatable bonds is 5. The second-order valence-corrected chi connectivity index (χ2v) is 6.18. The maximum absolute atomic E-state index is 14.2. The van der Waals surface area contributed by atoms with Crippen LogP contribution in [0.2, 0.25) is 0 Å². The van der Waals surface area contributed by atoms with Crippen molar-refractivity contribution in [2.75, 3.05) is 37.7 Å². The Hall–Kier alpha value is -1.90. The Balaban J connectivity index is 1.65. The number of nitrogens with one attached hydrogen (secondary N) is 1. The number of hydrogen-bond donors (Lipinski definition) is 3. The van der Waals surface area contributed by atoms with Crippen LogP contribution in [0.25, 0.3) is 0 Å². The molecule has 0 aromatic heterocycles. The molecule has 1 aromatic carbocycles. The van der Waals surface area contributed by atoms with Gasteiger partial charge in [-0.1, -0.05) is 0 Å². The quantitative estimate of drug-likeness (QED) is 0.729. The molecule has 132 valence electrons. The van der Waals surface area contributed by atoms with E-state index in [-0.39, 0.29) is 25.5 Å². The Bertz CT molecular complexity index is 606. The first-order chi connectivity index (χ1) is 11.5. The number of amides is 1. The fourth-order valence-electron chi connectivity index (χ4n) is 2.85. The molecule has 0 saturated carbocycles. The van der Waals surface area contributed by atoms with Crippen molar-refractivity contribution in [2.45, 2.75) is 24.5 Å². The maximum Gasteiger partial charge on any atom is 0.414 e. The van der Waals surface area contributed by atoms with Crippen LogP contribution >= 0.6 is 0 Å². The summed E-state index contributed by atoms with van der Waals surface area (Å²) in [5, 5.41) is 22.5. The molecule has 2 fully saturated rings. The number of cyclic esters (lactones) is 1. The Morgan fingerprint density at radius 3 is 2.79 bits per heavy atom. The minimum absolute atomic E-state index is 0.0172. The smallest absolute Gasteiger partial charge is 0.414 e. The molecule has 0 spiro atoms. The number of piperidine rings is 1. The van der Waals surface area contributed by atoms with Crippen LogP contribution < -0.4 is 15.0 Å². The number of benzene rings is 1. The molecule has 2 aliphatic rings. The van der Waals surface area contributed by atoms with Crippen LogP contribution in [-0.2, 0) is 4.74 Å². The van der Waals surface area contributed by atoms with Gasteiger partial charge in [0.2, 0.25) is 0 Å². The summed E-state index contributed by atoms with van der Waals surface area (Å²) in [6, 6.07) is 4.16. The summed E-state index contributed by atoms with van der Waals surface area (Å²) in [5.74, 6) is -0.595. The number of anilines is 1. The molecule has 1 atom stereocenters. The lowest BCUT2D eigenvalue weighted by molar-refractivity contribution is -0.0294. The lowest BCUT2D eigenvalue weighted by Gasteiger charge is -2.32. The Kier molecular flexibility index (Phi) is 4.88. The molecular formula is C16H21FN2O5. The summed E-state index contributed by atoms with van der Waals surface area (Å²) in [5.41, 5.74) is -0.620.